The summed E-state index contributed by atoms with van der Waals surface area (Å²) in [6.07, 6.45) is 5.77. The second-order valence-corrected chi connectivity index (χ2v) is 13.9. The number of nitrogens with zero attached hydrogens (tertiary/aromatic N) is 2. The Kier molecular flexibility index (Phi) is 11.4. The van der Waals surface area contributed by atoms with E-state index in [1.807, 2.05) is 49.4 Å². The van der Waals surface area contributed by atoms with Crippen LogP contribution in [0, 0.1) is 5.82 Å². The lowest BCUT2D eigenvalue weighted by Crippen LogP contribution is -2.55. The smallest absolute Gasteiger partial charge is 0.264 e. The molecule has 1 saturated carbocycles. The molecule has 2 amide bonds. The van der Waals surface area contributed by atoms with Crippen LogP contribution in [0.25, 0.3) is 0 Å². The van der Waals surface area contributed by atoms with Crippen LogP contribution < -0.4 is 9.62 Å². The van der Waals surface area contributed by atoms with Crippen LogP contribution in [-0.4, -0.2) is 43.8 Å². The molecule has 0 aliphatic heterocycles. The number of aryl methyl sites for hydroxylation is 1. The highest BCUT2D eigenvalue weighted by Gasteiger charge is 2.35. The molecular weight excluding hydrogens is 614 g/mol. The fraction of sp³-hybridized carbons (Fsp3) is 0.316. The molecule has 0 heterocycles. The van der Waals surface area contributed by atoms with E-state index in [2.05, 4.69) is 5.32 Å². The normalized spacial score (nSPS) is 14.3. The molecular formula is C38H42FN3O4S. The van der Waals surface area contributed by atoms with Crippen molar-refractivity contribution in [3.63, 3.8) is 0 Å². The van der Waals surface area contributed by atoms with Gasteiger partial charge in [0.2, 0.25) is 11.8 Å². The molecule has 1 unspecified atom stereocenters. The van der Waals surface area contributed by atoms with Crippen LogP contribution in [0.4, 0.5) is 10.1 Å². The van der Waals surface area contributed by atoms with Crippen molar-refractivity contribution < 1.29 is 22.4 Å². The quantitative estimate of drug-likeness (QED) is 0.174. The molecule has 0 spiro atoms. The van der Waals surface area contributed by atoms with Gasteiger partial charge in [0, 0.05) is 24.6 Å². The maximum atomic E-state index is 15.1. The fourth-order valence-electron chi connectivity index (χ4n) is 6.05. The average Bonchev–Trinajstić information content (AvgIpc) is 3.10. The van der Waals surface area contributed by atoms with Gasteiger partial charge in [0.25, 0.3) is 10.0 Å². The van der Waals surface area contributed by atoms with Crippen molar-refractivity contribution in [1.82, 2.24) is 10.2 Å². The monoisotopic (exact) mass is 655 g/mol. The molecule has 9 heteroatoms. The minimum atomic E-state index is -4.20. The number of hydrogen-bond donors (Lipinski definition) is 1. The average molecular weight is 656 g/mol. The van der Waals surface area contributed by atoms with Crippen LogP contribution in [0.15, 0.2) is 114 Å². The summed E-state index contributed by atoms with van der Waals surface area (Å²) < 4.78 is 44.5. The second-order valence-electron chi connectivity index (χ2n) is 12.0. The highest BCUT2D eigenvalue weighted by molar-refractivity contribution is 7.92. The van der Waals surface area contributed by atoms with E-state index in [9.17, 15) is 18.0 Å². The molecule has 246 valence electrons. The lowest BCUT2D eigenvalue weighted by Gasteiger charge is -2.35. The number of anilines is 1. The van der Waals surface area contributed by atoms with Gasteiger partial charge < -0.3 is 10.2 Å². The lowest BCUT2D eigenvalue weighted by atomic mass is 9.94. The van der Waals surface area contributed by atoms with Crippen molar-refractivity contribution in [2.45, 2.75) is 75.4 Å². The lowest BCUT2D eigenvalue weighted by molar-refractivity contribution is -0.140. The van der Waals surface area contributed by atoms with Gasteiger partial charge in [0.05, 0.1) is 10.6 Å². The summed E-state index contributed by atoms with van der Waals surface area (Å²) in [6, 6.07) is 29.5. The number of benzene rings is 4. The largest absolute Gasteiger partial charge is 0.352 e. The van der Waals surface area contributed by atoms with E-state index in [1.165, 1.54) is 23.1 Å². The number of amides is 2. The summed E-state index contributed by atoms with van der Waals surface area (Å²) in [5.74, 6) is -1.47. The van der Waals surface area contributed by atoms with Crippen LogP contribution >= 0.6 is 0 Å². The highest BCUT2D eigenvalue weighted by atomic mass is 32.2. The number of halogens is 1. The van der Waals surface area contributed by atoms with Gasteiger partial charge in [-0.2, -0.15) is 0 Å². The van der Waals surface area contributed by atoms with Crippen molar-refractivity contribution in [3.8, 4) is 0 Å². The van der Waals surface area contributed by atoms with Crippen LogP contribution in [0.1, 0.15) is 55.7 Å². The van der Waals surface area contributed by atoms with Crippen LogP contribution in [0.2, 0.25) is 0 Å². The Balaban J connectivity index is 1.56. The van der Waals surface area contributed by atoms with Gasteiger partial charge in [-0.15, -0.1) is 0 Å². The SMILES string of the molecule is CCc1ccc(N(CC(=O)N(Cc2ccccc2F)C(Cc2ccccc2)C(=O)NC2CCCCC2)S(=O)(=O)c2ccccc2)cc1. The molecule has 0 bridgehead atoms. The van der Waals surface area contributed by atoms with Crippen molar-refractivity contribution >= 4 is 27.5 Å². The van der Waals surface area contributed by atoms with Gasteiger partial charge in [-0.3, -0.25) is 13.9 Å². The number of carbonyl (C=O) groups excluding carboxylic acids is 2. The summed E-state index contributed by atoms with van der Waals surface area (Å²) in [4.78, 5) is 30.1. The molecule has 4 aromatic carbocycles. The van der Waals surface area contributed by atoms with Gasteiger partial charge in [0.1, 0.15) is 18.4 Å². The molecule has 1 N–H and O–H groups in total. The van der Waals surface area contributed by atoms with Crippen molar-refractivity contribution in [2.75, 3.05) is 10.8 Å². The van der Waals surface area contributed by atoms with E-state index < -0.39 is 34.3 Å². The summed E-state index contributed by atoms with van der Waals surface area (Å²) in [5, 5.41) is 3.17. The Labute approximate surface area is 277 Å². The van der Waals surface area contributed by atoms with Crippen molar-refractivity contribution in [1.29, 1.82) is 0 Å². The Morgan fingerprint density at radius 2 is 1.43 bits per heavy atom. The standard InChI is InChI=1S/C38H42FN3O4S/c1-2-29-22-24-33(25-23-29)42(47(45,46)34-19-10-5-11-20-34)28-37(43)41(27-31-16-12-13-21-35(31)39)36(26-30-14-6-3-7-15-30)38(44)40-32-17-8-4-9-18-32/h3,5-7,10-16,19-25,32,36H,2,4,8-9,17-18,26-28H2,1H3,(H,40,44). The molecule has 0 aromatic heterocycles. The van der Waals surface area contributed by atoms with Crippen LogP contribution in [0.3, 0.4) is 0 Å². The minimum Gasteiger partial charge on any atom is -0.352 e. The Morgan fingerprint density at radius 3 is 2.06 bits per heavy atom. The molecule has 7 nitrogen and oxygen atoms in total. The van der Waals surface area contributed by atoms with Crippen LogP contribution in [0.5, 0.6) is 0 Å². The third-order valence-electron chi connectivity index (χ3n) is 8.76. The zero-order valence-corrected chi connectivity index (χ0v) is 27.5. The van der Waals surface area contributed by atoms with E-state index in [0.29, 0.717) is 5.69 Å². The van der Waals surface area contributed by atoms with E-state index in [1.54, 1.807) is 48.5 Å². The minimum absolute atomic E-state index is 0.0213. The fourth-order valence-corrected chi connectivity index (χ4v) is 7.49. The summed E-state index contributed by atoms with van der Waals surface area (Å²) in [5.41, 5.74) is 2.39. The van der Waals surface area contributed by atoms with Crippen molar-refractivity contribution in [2.24, 2.45) is 0 Å². The van der Waals surface area contributed by atoms with Crippen molar-refractivity contribution in [3.05, 3.63) is 132 Å². The summed E-state index contributed by atoms with van der Waals surface area (Å²) in [6.45, 7) is 1.21. The van der Waals surface area contributed by atoms with E-state index in [4.69, 9.17) is 0 Å². The first-order valence-corrected chi connectivity index (χ1v) is 17.7. The van der Waals surface area contributed by atoms with E-state index >= 15 is 4.39 Å². The molecule has 1 atom stereocenters. The van der Waals surface area contributed by atoms with E-state index in [0.717, 1.165) is 54.0 Å². The molecule has 1 fully saturated rings. The van der Waals surface area contributed by atoms with Gasteiger partial charge >= 0.3 is 0 Å². The maximum absolute atomic E-state index is 15.1. The zero-order chi connectivity index (χ0) is 33.2. The Morgan fingerprint density at radius 1 is 0.809 bits per heavy atom. The van der Waals surface area contributed by atoms with Crippen LogP contribution in [-0.2, 0) is 39.0 Å². The zero-order valence-electron chi connectivity index (χ0n) is 26.7. The first-order chi connectivity index (χ1) is 22.8. The Bertz CT molecular complexity index is 1730. The Hall–Kier alpha value is -4.50. The van der Waals surface area contributed by atoms with Gasteiger partial charge in [-0.1, -0.05) is 105 Å². The first-order valence-electron chi connectivity index (χ1n) is 16.3. The predicted molar refractivity (Wildman–Crippen MR) is 183 cm³/mol. The topological polar surface area (TPSA) is 86.8 Å². The molecule has 0 saturated heterocycles. The number of rotatable bonds is 13. The van der Waals surface area contributed by atoms with Gasteiger partial charge in [0.15, 0.2) is 0 Å². The predicted octanol–water partition coefficient (Wildman–Crippen LogP) is 6.67. The molecule has 5 rings (SSSR count). The molecule has 47 heavy (non-hydrogen) atoms. The second kappa shape index (κ2) is 15.9. The molecule has 4 aromatic rings. The third kappa shape index (κ3) is 8.65. The number of sulfonamides is 1. The molecule has 0 radical (unpaired) electrons. The van der Waals surface area contributed by atoms with Gasteiger partial charge in [-0.05, 0) is 60.7 Å². The highest BCUT2D eigenvalue weighted by Crippen LogP contribution is 2.26. The third-order valence-corrected chi connectivity index (χ3v) is 10.6. The summed E-state index contributed by atoms with van der Waals surface area (Å²) >= 11 is 0. The maximum Gasteiger partial charge on any atom is 0.264 e. The molecule has 1 aliphatic rings. The number of hydrogen-bond acceptors (Lipinski definition) is 4. The number of carbonyl (C=O) groups is 2. The van der Waals surface area contributed by atoms with Gasteiger partial charge in [-0.25, -0.2) is 12.8 Å². The molecule has 1 aliphatic carbocycles. The summed E-state index contributed by atoms with van der Waals surface area (Å²) in [7, 11) is -4.20. The first kappa shape index (κ1) is 33.9. The van der Waals surface area contributed by atoms with E-state index in [-0.39, 0.29) is 35.4 Å². The number of nitrogens with one attached hydrogen (secondary N) is 1.